The third-order valence-corrected chi connectivity index (χ3v) is 4.51. The minimum Gasteiger partial charge on any atom is -0.455 e. The molecular formula is C14H13Cl2F2NO4. The maximum absolute atomic E-state index is 12.0. The van der Waals surface area contributed by atoms with Crippen molar-refractivity contribution in [2.75, 3.05) is 11.9 Å². The highest BCUT2D eigenvalue weighted by Gasteiger charge is 2.69. The average molecular weight is 368 g/mol. The van der Waals surface area contributed by atoms with Gasteiger partial charge in [-0.15, -0.1) is 23.2 Å². The molecule has 126 valence electrons. The van der Waals surface area contributed by atoms with E-state index in [1.807, 2.05) is 0 Å². The summed E-state index contributed by atoms with van der Waals surface area (Å²) in [6.45, 7) is -1.88. The summed E-state index contributed by atoms with van der Waals surface area (Å²) in [5.41, 5.74) is -0.667. The van der Waals surface area contributed by atoms with E-state index in [2.05, 4.69) is 10.1 Å². The van der Waals surface area contributed by atoms with Crippen molar-refractivity contribution in [1.29, 1.82) is 0 Å². The highest BCUT2D eigenvalue weighted by Crippen LogP contribution is 2.64. The molecule has 0 aliphatic heterocycles. The van der Waals surface area contributed by atoms with Crippen LogP contribution in [0.15, 0.2) is 24.3 Å². The first-order chi connectivity index (χ1) is 10.6. The molecule has 1 unspecified atom stereocenters. The molecule has 5 nitrogen and oxygen atoms in total. The predicted octanol–water partition coefficient (Wildman–Crippen LogP) is 3.35. The Morgan fingerprint density at radius 2 is 1.87 bits per heavy atom. The summed E-state index contributed by atoms with van der Waals surface area (Å²) in [5, 5.41) is 2.45. The minimum atomic E-state index is -2.92. The van der Waals surface area contributed by atoms with Crippen molar-refractivity contribution in [3.8, 4) is 5.75 Å². The Morgan fingerprint density at radius 1 is 1.30 bits per heavy atom. The molecule has 1 atom stereocenters. The van der Waals surface area contributed by atoms with Gasteiger partial charge in [-0.05, 0) is 31.2 Å². The Labute approximate surface area is 140 Å². The van der Waals surface area contributed by atoms with Crippen LogP contribution in [-0.4, -0.2) is 29.4 Å². The number of carbonyl (C=O) groups is 2. The van der Waals surface area contributed by atoms with Crippen LogP contribution in [0.2, 0.25) is 0 Å². The van der Waals surface area contributed by atoms with Crippen LogP contribution in [0, 0.1) is 5.41 Å². The predicted molar refractivity (Wildman–Crippen MR) is 79.8 cm³/mol. The van der Waals surface area contributed by atoms with Gasteiger partial charge in [-0.3, -0.25) is 9.59 Å². The summed E-state index contributed by atoms with van der Waals surface area (Å²) in [6.07, 6.45) is 0.259. The second-order valence-corrected chi connectivity index (χ2v) is 6.72. The lowest BCUT2D eigenvalue weighted by Crippen LogP contribution is -2.26. The molecule has 1 aromatic rings. The second-order valence-electron chi connectivity index (χ2n) is 5.24. The number of hydrogen-bond donors (Lipinski definition) is 1. The van der Waals surface area contributed by atoms with Gasteiger partial charge in [0.1, 0.15) is 15.5 Å². The number of nitrogens with one attached hydrogen (secondary N) is 1. The number of carbonyl (C=O) groups excluding carboxylic acids is 2. The molecular weight excluding hydrogens is 355 g/mol. The van der Waals surface area contributed by atoms with E-state index in [0.717, 1.165) is 0 Å². The molecule has 0 aromatic heterocycles. The number of amides is 1. The lowest BCUT2D eigenvalue weighted by atomic mass is 10.1. The number of anilines is 1. The van der Waals surface area contributed by atoms with Gasteiger partial charge >= 0.3 is 12.6 Å². The molecule has 2 rings (SSSR count). The van der Waals surface area contributed by atoms with Gasteiger partial charge in [0, 0.05) is 12.1 Å². The lowest BCUT2D eigenvalue weighted by Gasteiger charge is -2.12. The normalized spacial score (nSPS) is 21.7. The van der Waals surface area contributed by atoms with Crippen molar-refractivity contribution >= 4 is 40.8 Å². The van der Waals surface area contributed by atoms with Crippen LogP contribution in [-0.2, 0) is 14.3 Å². The summed E-state index contributed by atoms with van der Waals surface area (Å²) < 4.78 is 31.9. The van der Waals surface area contributed by atoms with Crippen LogP contribution in [0.4, 0.5) is 14.5 Å². The zero-order valence-electron chi connectivity index (χ0n) is 11.9. The highest BCUT2D eigenvalue weighted by molar-refractivity contribution is 6.53. The monoisotopic (exact) mass is 367 g/mol. The van der Waals surface area contributed by atoms with Crippen LogP contribution >= 0.6 is 23.2 Å². The largest absolute Gasteiger partial charge is 0.455 e. The van der Waals surface area contributed by atoms with Gasteiger partial charge in [0.2, 0.25) is 0 Å². The molecule has 23 heavy (non-hydrogen) atoms. The van der Waals surface area contributed by atoms with E-state index in [0.29, 0.717) is 5.69 Å². The molecule has 1 amide bonds. The van der Waals surface area contributed by atoms with Crippen molar-refractivity contribution in [1.82, 2.24) is 0 Å². The van der Waals surface area contributed by atoms with Crippen molar-refractivity contribution in [3.05, 3.63) is 24.3 Å². The standard InChI is InChI=1S/C14H13Cl2F2NO4/c1-13(7-14(13,15)16)11(21)22-6-10(20)19-8-2-4-9(5-3-8)23-12(17)18/h2-5,12H,6-7H2,1H3,(H,19,20). The van der Waals surface area contributed by atoms with Gasteiger partial charge in [-0.25, -0.2) is 0 Å². The summed E-state index contributed by atoms with van der Waals surface area (Å²) in [6, 6.07) is 5.30. The second kappa shape index (κ2) is 6.49. The minimum absolute atomic E-state index is 0.0355. The van der Waals surface area contributed by atoms with Gasteiger partial charge in [-0.1, -0.05) is 0 Å². The molecule has 0 radical (unpaired) electrons. The smallest absolute Gasteiger partial charge is 0.387 e. The van der Waals surface area contributed by atoms with E-state index in [4.69, 9.17) is 27.9 Å². The summed E-state index contributed by atoms with van der Waals surface area (Å²) in [5.74, 6) is -1.27. The molecule has 1 aliphatic rings. The molecule has 9 heteroatoms. The third-order valence-electron chi connectivity index (χ3n) is 3.41. The van der Waals surface area contributed by atoms with Crippen LogP contribution in [0.25, 0.3) is 0 Å². The lowest BCUT2D eigenvalue weighted by molar-refractivity contribution is -0.152. The van der Waals surface area contributed by atoms with E-state index in [1.54, 1.807) is 6.92 Å². The first-order valence-corrected chi connectivity index (χ1v) is 7.29. The average Bonchev–Trinajstić information content (AvgIpc) is 2.98. The number of benzene rings is 1. The van der Waals surface area contributed by atoms with Gasteiger partial charge in [0.05, 0.1) is 0 Å². The van der Waals surface area contributed by atoms with Gasteiger partial charge < -0.3 is 14.8 Å². The van der Waals surface area contributed by atoms with Crippen molar-refractivity contribution in [2.45, 2.75) is 24.3 Å². The summed E-state index contributed by atoms with van der Waals surface area (Å²) in [4.78, 5) is 23.5. The maximum atomic E-state index is 12.0. The molecule has 1 N–H and O–H groups in total. The van der Waals surface area contributed by atoms with E-state index >= 15 is 0 Å². The van der Waals surface area contributed by atoms with Gasteiger partial charge in [-0.2, -0.15) is 8.78 Å². The number of ether oxygens (including phenoxy) is 2. The van der Waals surface area contributed by atoms with Crippen molar-refractivity contribution < 1.29 is 27.8 Å². The molecule has 0 saturated heterocycles. The third kappa shape index (κ3) is 4.23. The summed E-state index contributed by atoms with van der Waals surface area (Å²) >= 11 is 11.7. The first-order valence-electron chi connectivity index (χ1n) is 6.54. The molecule has 1 saturated carbocycles. The van der Waals surface area contributed by atoms with Crippen LogP contribution in [0.3, 0.4) is 0 Å². The van der Waals surface area contributed by atoms with Gasteiger partial charge in [0.25, 0.3) is 5.91 Å². The Morgan fingerprint density at radius 3 is 2.35 bits per heavy atom. The zero-order chi connectivity index (χ0) is 17.3. The number of rotatable bonds is 6. The summed E-state index contributed by atoms with van der Waals surface area (Å²) in [7, 11) is 0. The molecule has 0 heterocycles. The van der Waals surface area contributed by atoms with E-state index in [9.17, 15) is 18.4 Å². The number of esters is 1. The topological polar surface area (TPSA) is 64.6 Å². The van der Waals surface area contributed by atoms with Crippen LogP contribution in [0.1, 0.15) is 13.3 Å². The number of alkyl halides is 4. The van der Waals surface area contributed by atoms with Crippen LogP contribution in [0.5, 0.6) is 5.75 Å². The SMILES string of the molecule is CC1(C(=O)OCC(=O)Nc2ccc(OC(F)F)cc2)CC1(Cl)Cl. The Hall–Kier alpha value is -1.60. The Bertz CT molecular complexity index is 609. The fourth-order valence-corrected chi connectivity index (χ4v) is 2.52. The van der Waals surface area contributed by atoms with Crippen molar-refractivity contribution in [3.63, 3.8) is 0 Å². The zero-order valence-corrected chi connectivity index (χ0v) is 13.5. The molecule has 1 fully saturated rings. The molecule has 0 spiro atoms. The van der Waals surface area contributed by atoms with E-state index in [1.165, 1.54) is 24.3 Å². The fraction of sp³-hybridized carbons (Fsp3) is 0.429. The Kier molecular flexibility index (Phi) is 5.01. The van der Waals surface area contributed by atoms with Gasteiger partial charge in [0.15, 0.2) is 6.61 Å². The van der Waals surface area contributed by atoms with Crippen LogP contribution < -0.4 is 10.1 Å². The van der Waals surface area contributed by atoms with Crippen molar-refractivity contribution in [2.24, 2.45) is 5.41 Å². The highest BCUT2D eigenvalue weighted by atomic mass is 35.5. The molecule has 1 aliphatic carbocycles. The molecule has 1 aromatic carbocycles. The Balaban J connectivity index is 1.80. The number of halogens is 4. The fourth-order valence-electron chi connectivity index (χ4n) is 1.83. The van der Waals surface area contributed by atoms with E-state index in [-0.39, 0.29) is 12.2 Å². The quantitative estimate of drug-likeness (QED) is 0.618. The van der Waals surface area contributed by atoms with E-state index < -0.39 is 34.8 Å². The maximum Gasteiger partial charge on any atom is 0.387 e. The first kappa shape index (κ1) is 17.7. The molecule has 0 bridgehead atoms. The number of hydrogen-bond acceptors (Lipinski definition) is 4.